The third kappa shape index (κ3) is 5.82. The van der Waals surface area contributed by atoms with Crippen LogP contribution in [0.1, 0.15) is 29.7 Å². The van der Waals surface area contributed by atoms with Crippen LogP contribution < -0.4 is 10.1 Å². The van der Waals surface area contributed by atoms with Crippen LogP contribution >= 0.6 is 0 Å². The van der Waals surface area contributed by atoms with E-state index >= 15 is 0 Å². The van der Waals surface area contributed by atoms with Crippen LogP contribution in [0.15, 0.2) is 90.5 Å². The first-order valence-corrected chi connectivity index (χ1v) is 9.40. The molecule has 0 saturated carbocycles. The van der Waals surface area contributed by atoms with Crippen molar-refractivity contribution in [2.45, 2.75) is 19.6 Å². The zero-order chi connectivity index (χ0) is 20.5. The van der Waals surface area contributed by atoms with E-state index in [1.165, 1.54) is 0 Å². The summed E-state index contributed by atoms with van der Waals surface area (Å²) in [6.45, 7) is 2.34. The average Bonchev–Trinajstić information content (AvgIpc) is 2.77. The molecule has 1 amide bonds. The highest BCUT2D eigenvalue weighted by Gasteiger charge is 2.13. The summed E-state index contributed by atoms with van der Waals surface area (Å²) in [7, 11) is 0. The second-order valence-electron chi connectivity index (χ2n) is 6.62. The van der Waals surface area contributed by atoms with E-state index in [1.807, 2.05) is 97.9 Å². The molecule has 4 heteroatoms. The van der Waals surface area contributed by atoms with Gasteiger partial charge in [-0.25, -0.2) is 0 Å². The van der Waals surface area contributed by atoms with Gasteiger partial charge in [-0.2, -0.15) is 5.26 Å². The van der Waals surface area contributed by atoms with Crippen molar-refractivity contribution in [3.63, 3.8) is 0 Å². The predicted molar refractivity (Wildman–Crippen MR) is 114 cm³/mol. The number of amides is 1. The number of nitrogens with zero attached hydrogens (tertiary/aromatic N) is 1. The number of carbonyl (C=O) groups is 1. The van der Waals surface area contributed by atoms with Crippen LogP contribution in [-0.4, -0.2) is 5.91 Å². The second-order valence-corrected chi connectivity index (χ2v) is 6.62. The van der Waals surface area contributed by atoms with Crippen molar-refractivity contribution in [1.82, 2.24) is 5.32 Å². The van der Waals surface area contributed by atoms with Gasteiger partial charge in [-0.05, 0) is 41.8 Å². The molecular weight excluding hydrogens is 360 g/mol. The summed E-state index contributed by atoms with van der Waals surface area (Å²) in [6, 6.07) is 28.7. The molecule has 144 valence electrons. The minimum atomic E-state index is -0.403. The quantitative estimate of drug-likeness (QED) is 0.459. The number of ether oxygens (including phenoxy) is 1. The van der Waals surface area contributed by atoms with Gasteiger partial charge < -0.3 is 10.1 Å². The minimum absolute atomic E-state index is 0.0491. The second kappa shape index (κ2) is 9.91. The maximum Gasteiger partial charge on any atom is 0.262 e. The summed E-state index contributed by atoms with van der Waals surface area (Å²) in [5, 5.41) is 12.3. The number of hydrogen-bond acceptors (Lipinski definition) is 3. The van der Waals surface area contributed by atoms with Gasteiger partial charge >= 0.3 is 0 Å². The number of rotatable bonds is 7. The lowest BCUT2D eigenvalue weighted by Crippen LogP contribution is -2.27. The van der Waals surface area contributed by atoms with E-state index in [1.54, 1.807) is 6.08 Å². The lowest BCUT2D eigenvalue weighted by atomic mass is 10.1. The molecule has 1 N–H and O–H groups in total. The van der Waals surface area contributed by atoms with Gasteiger partial charge in [0.2, 0.25) is 0 Å². The summed E-state index contributed by atoms with van der Waals surface area (Å²) in [5.41, 5.74) is 2.83. The van der Waals surface area contributed by atoms with Gasteiger partial charge in [0.15, 0.2) is 0 Å². The maximum absolute atomic E-state index is 12.5. The Bertz CT molecular complexity index is 1020. The number of nitrogens with one attached hydrogen (secondary N) is 1. The molecular formula is C25H22N2O2. The first kappa shape index (κ1) is 19.9. The van der Waals surface area contributed by atoms with Crippen LogP contribution in [0.3, 0.4) is 0 Å². The fraction of sp³-hybridized carbons (Fsp3) is 0.120. The monoisotopic (exact) mass is 382 g/mol. The Morgan fingerprint density at radius 3 is 2.41 bits per heavy atom. The van der Waals surface area contributed by atoms with Crippen molar-refractivity contribution in [2.75, 3.05) is 0 Å². The zero-order valence-corrected chi connectivity index (χ0v) is 16.2. The highest BCUT2D eigenvalue weighted by molar-refractivity contribution is 6.01. The first-order chi connectivity index (χ1) is 14.2. The van der Waals surface area contributed by atoms with E-state index < -0.39 is 5.91 Å². The molecule has 0 aromatic heterocycles. The Labute approximate surface area is 171 Å². The first-order valence-electron chi connectivity index (χ1n) is 9.40. The molecule has 1 atom stereocenters. The van der Waals surface area contributed by atoms with Crippen molar-refractivity contribution >= 4 is 12.0 Å². The summed E-state index contributed by atoms with van der Waals surface area (Å²) in [5.74, 6) is 0.275. The van der Waals surface area contributed by atoms with Crippen LogP contribution in [0.4, 0.5) is 0 Å². The van der Waals surface area contributed by atoms with Crippen molar-refractivity contribution in [1.29, 1.82) is 5.26 Å². The fourth-order valence-electron chi connectivity index (χ4n) is 2.85. The third-order valence-electron chi connectivity index (χ3n) is 4.43. The van der Waals surface area contributed by atoms with Crippen molar-refractivity contribution < 1.29 is 9.53 Å². The molecule has 0 aliphatic carbocycles. The topological polar surface area (TPSA) is 62.1 Å². The molecule has 0 fully saturated rings. The SMILES string of the molecule is C[C@H](NC(=O)/C(C#N)=C/c1cccc(OCc2ccccc2)c1)c1ccccc1. The molecule has 0 heterocycles. The van der Waals surface area contributed by atoms with Gasteiger partial charge in [-0.3, -0.25) is 4.79 Å². The summed E-state index contributed by atoms with van der Waals surface area (Å²) >= 11 is 0. The molecule has 0 radical (unpaired) electrons. The molecule has 0 unspecified atom stereocenters. The normalized spacial score (nSPS) is 11.9. The van der Waals surface area contributed by atoms with Gasteiger partial charge in [0, 0.05) is 0 Å². The molecule has 0 bridgehead atoms. The highest BCUT2D eigenvalue weighted by atomic mass is 16.5. The lowest BCUT2D eigenvalue weighted by molar-refractivity contribution is -0.117. The molecule has 0 aliphatic rings. The number of hydrogen-bond donors (Lipinski definition) is 1. The Hall–Kier alpha value is -3.84. The van der Waals surface area contributed by atoms with Gasteiger partial charge in [0.05, 0.1) is 6.04 Å². The van der Waals surface area contributed by atoms with E-state index in [0.717, 1.165) is 16.7 Å². The van der Waals surface area contributed by atoms with Gasteiger partial charge in [0.25, 0.3) is 5.91 Å². The zero-order valence-electron chi connectivity index (χ0n) is 16.2. The molecule has 0 spiro atoms. The number of nitriles is 1. The number of benzene rings is 3. The van der Waals surface area contributed by atoms with Crippen molar-refractivity contribution in [3.05, 3.63) is 107 Å². The van der Waals surface area contributed by atoms with Crippen LogP contribution in [-0.2, 0) is 11.4 Å². The summed E-state index contributed by atoms with van der Waals surface area (Å²) in [4.78, 5) is 12.5. The lowest BCUT2D eigenvalue weighted by Gasteiger charge is -2.13. The molecule has 4 nitrogen and oxygen atoms in total. The Morgan fingerprint density at radius 2 is 1.72 bits per heavy atom. The molecule has 3 rings (SSSR count). The number of carbonyl (C=O) groups excluding carboxylic acids is 1. The van der Waals surface area contributed by atoms with Gasteiger partial charge in [0.1, 0.15) is 24.0 Å². The van der Waals surface area contributed by atoms with Crippen LogP contribution in [0.25, 0.3) is 6.08 Å². The molecule has 3 aromatic rings. The predicted octanol–water partition coefficient (Wildman–Crippen LogP) is 5.05. The van der Waals surface area contributed by atoms with E-state index in [-0.39, 0.29) is 11.6 Å². The van der Waals surface area contributed by atoms with Gasteiger partial charge in [-0.1, -0.05) is 72.8 Å². The van der Waals surface area contributed by atoms with Gasteiger partial charge in [-0.15, -0.1) is 0 Å². The molecule has 29 heavy (non-hydrogen) atoms. The van der Waals surface area contributed by atoms with Crippen LogP contribution in [0.2, 0.25) is 0 Å². The Kier molecular flexibility index (Phi) is 6.80. The van der Waals surface area contributed by atoms with E-state index in [2.05, 4.69) is 5.32 Å². The summed E-state index contributed by atoms with van der Waals surface area (Å²) in [6.07, 6.45) is 1.57. The average molecular weight is 382 g/mol. The molecule has 0 aliphatic heterocycles. The van der Waals surface area contributed by atoms with Crippen molar-refractivity contribution in [3.8, 4) is 11.8 Å². The Balaban J connectivity index is 1.68. The standard InChI is InChI=1S/C25H22N2O2/c1-19(22-12-6-3-7-13-22)27-25(28)23(17-26)15-21-11-8-14-24(16-21)29-18-20-9-4-2-5-10-20/h2-16,19H,18H2,1H3,(H,27,28)/b23-15+/t19-/m0/s1. The summed E-state index contributed by atoms with van der Waals surface area (Å²) < 4.78 is 5.82. The molecule has 3 aromatic carbocycles. The van der Waals surface area contributed by atoms with Crippen molar-refractivity contribution in [2.24, 2.45) is 0 Å². The van der Waals surface area contributed by atoms with E-state index in [0.29, 0.717) is 12.4 Å². The fourth-order valence-corrected chi connectivity index (χ4v) is 2.85. The Morgan fingerprint density at radius 1 is 1.03 bits per heavy atom. The smallest absolute Gasteiger partial charge is 0.262 e. The third-order valence-corrected chi connectivity index (χ3v) is 4.43. The highest BCUT2D eigenvalue weighted by Crippen LogP contribution is 2.18. The van der Waals surface area contributed by atoms with Crippen LogP contribution in [0.5, 0.6) is 5.75 Å². The van der Waals surface area contributed by atoms with E-state index in [4.69, 9.17) is 4.74 Å². The minimum Gasteiger partial charge on any atom is -0.489 e. The van der Waals surface area contributed by atoms with Crippen LogP contribution in [0, 0.1) is 11.3 Å². The molecule has 0 saturated heterocycles. The van der Waals surface area contributed by atoms with E-state index in [9.17, 15) is 10.1 Å². The largest absolute Gasteiger partial charge is 0.489 e. The maximum atomic E-state index is 12.5.